The van der Waals surface area contributed by atoms with Gasteiger partial charge in [0, 0.05) is 24.3 Å². The number of benzene rings is 1. The van der Waals surface area contributed by atoms with Crippen molar-refractivity contribution in [2.24, 2.45) is 5.92 Å². The molecular formula is C18H30N2. The zero-order valence-corrected chi connectivity index (χ0v) is 13.3. The summed E-state index contributed by atoms with van der Waals surface area (Å²) in [4.78, 5) is 2.59. The van der Waals surface area contributed by atoms with E-state index >= 15 is 0 Å². The molecular weight excluding hydrogens is 244 g/mol. The second-order valence-electron chi connectivity index (χ2n) is 6.34. The van der Waals surface area contributed by atoms with Crippen molar-refractivity contribution < 1.29 is 0 Å². The van der Waals surface area contributed by atoms with Gasteiger partial charge >= 0.3 is 0 Å². The van der Waals surface area contributed by atoms with Gasteiger partial charge in [0.1, 0.15) is 0 Å². The van der Waals surface area contributed by atoms with Gasteiger partial charge in [-0.05, 0) is 57.7 Å². The summed E-state index contributed by atoms with van der Waals surface area (Å²) in [7, 11) is 2.30. The summed E-state index contributed by atoms with van der Waals surface area (Å²) in [6, 6.07) is 11.9. The van der Waals surface area contributed by atoms with Gasteiger partial charge in [0.05, 0.1) is 0 Å². The summed E-state index contributed by atoms with van der Waals surface area (Å²) in [6.45, 7) is 5.69. The highest BCUT2D eigenvalue weighted by Gasteiger charge is 2.25. The summed E-state index contributed by atoms with van der Waals surface area (Å²) in [5, 5.41) is 3.54. The summed E-state index contributed by atoms with van der Waals surface area (Å²) >= 11 is 0. The van der Waals surface area contributed by atoms with E-state index in [1.165, 1.54) is 37.8 Å². The van der Waals surface area contributed by atoms with Gasteiger partial charge in [-0.1, -0.05) is 31.5 Å². The SMILES string of the molecule is CCC1CCC(N(C)C(C)CNc2ccccc2)CC1. The fourth-order valence-corrected chi connectivity index (χ4v) is 3.29. The molecule has 1 atom stereocenters. The zero-order chi connectivity index (χ0) is 14.4. The lowest BCUT2D eigenvalue weighted by Gasteiger charge is -2.38. The maximum Gasteiger partial charge on any atom is 0.0340 e. The van der Waals surface area contributed by atoms with Crippen molar-refractivity contribution in [1.29, 1.82) is 0 Å². The molecule has 2 rings (SSSR count). The minimum atomic E-state index is 0.582. The molecule has 1 N–H and O–H groups in total. The van der Waals surface area contributed by atoms with E-state index in [4.69, 9.17) is 0 Å². The molecule has 1 aromatic rings. The quantitative estimate of drug-likeness (QED) is 0.827. The van der Waals surface area contributed by atoms with Crippen LogP contribution in [0.15, 0.2) is 30.3 Å². The van der Waals surface area contributed by atoms with E-state index in [-0.39, 0.29) is 0 Å². The van der Waals surface area contributed by atoms with Crippen LogP contribution in [0.1, 0.15) is 46.0 Å². The van der Waals surface area contributed by atoms with Crippen LogP contribution in [-0.2, 0) is 0 Å². The first-order valence-electron chi connectivity index (χ1n) is 8.21. The number of anilines is 1. The molecule has 1 saturated carbocycles. The minimum absolute atomic E-state index is 0.582. The molecule has 1 unspecified atom stereocenters. The van der Waals surface area contributed by atoms with E-state index in [0.717, 1.165) is 18.5 Å². The summed E-state index contributed by atoms with van der Waals surface area (Å²) in [6.07, 6.45) is 6.96. The summed E-state index contributed by atoms with van der Waals surface area (Å²) in [5.74, 6) is 0.984. The van der Waals surface area contributed by atoms with E-state index < -0.39 is 0 Å². The lowest BCUT2D eigenvalue weighted by molar-refractivity contribution is 0.131. The van der Waals surface area contributed by atoms with Gasteiger partial charge in [0.2, 0.25) is 0 Å². The van der Waals surface area contributed by atoms with E-state index in [9.17, 15) is 0 Å². The van der Waals surface area contributed by atoms with Crippen LogP contribution in [-0.4, -0.2) is 30.6 Å². The number of rotatable bonds is 6. The van der Waals surface area contributed by atoms with Gasteiger partial charge in [-0.25, -0.2) is 0 Å². The van der Waals surface area contributed by atoms with Gasteiger partial charge in [-0.3, -0.25) is 4.90 Å². The molecule has 0 spiro atoms. The van der Waals surface area contributed by atoms with Gasteiger partial charge < -0.3 is 5.32 Å². The highest BCUT2D eigenvalue weighted by Crippen LogP contribution is 2.29. The largest absolute Gasteiger partial charge is 0.383 e. The highest BCUT2D eigenvalue weighted by molar-refractivity contribution is 5.42. The first kappa shape index (κ1) is 15.4. The molecule has 0 heterocycles. The maximum absolute atomic E-state index is 3.54. The molecule has 1 fully saturated rings. The number of likely N-dealkylation sites (N-methyl/N-ethyl adjacent to an activating group) is 1. The van der Waals surface area contributed by atoms with Crippen LogP contribution in [0.3, 0.4) is 0 Å². The number of para-hydroxylation sites is 1. The van der Waals surface area contributed by atoms with Crippen LogP contribution in [0.4, 0.5) is 5.69 Å². The number of nitrogens with one attached hydrogen (secondary N) is 1. The molecule has 1 aromatic carbocycles. The average Bonchev–Trinajstić information content (AvgIpc) is 2.53. The van der Waals surface area contributed by atoms with Crippen molar-refractivity contribution in [1.82, 2.24) is 4.90 Å². The average molecular weight is 274 g/mol. The molecule has 0 radical (unpaired) electrons. The Morgan fingerprint density at radius 2 is 1.80 bits per heavy atom. The van der Waals surface area contributed by atoms with Crippen molar-refractivity contribution in [2.45, 2.75) is 58.0 Å². The number of nitrogens with zero attached hydrogens (tertiary/aromatic N) is 1. The normalized spacial score (nSPS) is 24.6. The summed E-state index contributed by atoms with van der Waals surface area (Å²) < 4.78 is 0. The van der Waals surface area contributed by atoms with Crippen LogP contribution in [0.25, 0.3) is 0 Å². The second-order valence-corrected chi connectivity index (χ2v) is 6.34. The van der Waals surface area contributed by atoms with Gasteiger partial charge in [0.15, 0.2) is 0 Å². The van der Waals surface area contributed by atoms with Gasteiger partial charge in [0.25, 0.3) is 0 Å². The Hall–Kier alpha value is -1.02. The van der Waals surface area contributed by atoms with E-state index in [2.05, 4.69) is 61.4 Å². The van der Waals surface area contributed by atoms with Crippen molar-refractivity contribution in [2.75, 3.05) is 18.9 Å². The molecule has 0 aliphatic heterocycles. The third-order valence-corrected chi connectivity index (χ3v) is 5.04. The first-order chi connectivity index (χ1) is 9.70. The Labute approximate surface area is 124 Å². The minimum Gasteiger partial charge on any atom is -0.383 e. The molecule has 0 bridgehead atoms. The topological polar surface area (TPSA) is 15.3 Å². The summed E-state index contributed by atoms with van der Waals surface area (Å²) in [5.41, 5.74) is 1.22. The first-order valence-corrected chi connectivity index (χ1v) is 8.21. The maximum atomic E-state index is 3.54. The van der Waals surface area contributed by atoms with Crippen LogP contribution < -0.4 is 5.32 Å². The smallest absolute Gasteiger partial charge is 0.0340 e. The molecule has 1 aliphatic rings. The van der Waals surface area contributed by atoms with E-state index in [0.29, 0.717) is 6.04 Å². The predicted molar refractivity (Wildman–Crippen MR) is 88.2 cm³/mol. The molecule has 0 aromatic heterocycles. The molecule has 112 valence electrons. The Morgan fingerprint density at radius 3 is 2.40 bits per heavy atom. The second kappa shape index (κ2) is 7.68. The van der Waals surface area contributed by atoms with Crippen LogP contribution in [0.5, 0.6) is 0 Å². The van der Waals surface area contributed by atoms with Crippen molar-refractivity contribution in [3.05, 3.63) is 30.3 Å². The molecule has 2 nitrogen and oxygen atoms in total. The Balaban J connectivity index is 1.76. The van der Waals surface area contributed by atoms with Gasteiger partial charge in [-0.15, -0.1) is 0 Å². The van der Waals surface area contributed by atoms with E-state index in [1.807, 2.05) is 0 Å². The van der Waals surface area contributed by atoms with Crippen molar-refractivity contribution >= 4 is 5.69 Å². The Kier molecular flexibility index (Phi) is 5.90. The zero-order valence-electron chi connectivity index (χ0n) is 13.3. The molecule has 20 heavy (non-hydrogen) atoms. The third kappa shape index (κ3) is 4.24. The lowest BCUT2D eigenvalue weighted by Crippen LogP contribution is -2.43. The third-order valence-electron chi connectivity index (χ3n) is 5.04. The fraction of sp³-hybridized carbons (Fsp3) is 0.667. The highest BCUT2D eigenvalue weighted by atomic mass is 15.2. The standard InChI is InChI=1S/C18H30N2/c1-4-16-10-12-18(13-11-16)20(3)15(2)14-19-17-8-6-5-7-9-17/h5-9,15-16,18-19H,4,10-14H2,1-3H3. The predicted octanol–water partition coefficient (Wildman–Crippen LogP) is 4.39. The molecule has 2 heteroatoms. The fourth-order valence-electron chi connectivity index (χ4n) is 3.29. The molecule has 0 amide bonds. The van der Waals surface area contributed by atoms with Gasteiger partial charge in [-0.2, -0.15) is 0 Å². The Morgan fingerprint density at radius 1 is 1.15 bits per heavy atom. The molecule has 1 aliphatic carbocycles. The number of hydrogen-bond acceptors (Lipinski definition) is 2. The van der Waals surface area contributed by atoms with E-state index in [1.54, 1.807) is 0 Å². The Bertz CT molecular complexity index is 368. The van der Waals surface area contributed by atoms with Crippen LogP contribution in [0.2, 0.25) is 0 Å². The van der Waals surface area contributed by atoms with Crippen LogP contribution >= 0.6 is 0 Å². The van der Waals surface area contributed by atoms with Crippen LogP contribution in [0, 0.1) is 5.92 Å². The monoisotopic (exact) mass is 274 g/mol. The lowest BCUT2D eigenvalue weighted by atomic mass is 9.84. The van der Waals surface area contributed by atoms with Crippen molar-refractivity contribution in [3.8, 4) is 0 Å². The number of hydrogen-bond donors (Lipinski definition) is 1. The van der Waals surface area contributed by atoms with Crippen molar-refractivity contribution in [3.63, 3.8) is 0 Å². The molecule has 0 saturated heterocycles.